The zero-order valence-corrected chi connectivity index (χ0v) is 6.58. The molecule has 0 aliphatic heterocycles. The molecule has 0 aromatic heterocycles. The second kappa shape index (κ2) is 5.41. The molecule has 0 amide bonds. The van der Waals surface area contributed by atoms with Gasteiger partial charge in [-0.15, -0.1) is 6.58 Å². The van der Waals surface area contributed by atoms with Gasteiger partial charge in [-0.3, -0.25) is 0 Å². The lowest BCUT2D eigenvalue weighted by Crippen LogP contribution is -2.32. The van der Waals surface area contributed by atoms with E-state index >= 15 is 0 Å². The fourth-order valence-corrected chi connectivity index (χ4v) is 0.677. The minimum Gasteiger partial charge on any atom is -0.395 e. The molecule has 3 nitrogen and oxygen atoms in total. The van der Waals surface area contributed by atoms with E-state index in [4.69, 9.17) is 9.94 Å². The Morgan fingerprint density at radius 3 is 2.70 bits per heavy atom. The van der Waals surface area contributed by atoms with E-state index in [1.165, 1.54) is 0 Å². The summed E-state index contributed by atoms with van der Waals surface area (Å²) in [7, 11) is 1.58. The number of hydrogen-bond acceptors (Lipinski definition) is 3. The van der Waals surface area contributed by atoms with Crippen molar-refractivity contribution in [3.8, 4) is 0 Å². The van der Waals surface area contributed by atoms with Gasteiger partial charge in [0.05, 0.1) is 19.8 Å². The maximum atomic E-state index is 8.56. The van der Waals surface area contributed by atoms with Gasteiger partial charge in [0.15, 0.2) is 0 Å². The summed E-state index contributed by atoms with van der Waals surface area (Å²) in [4.78, 5) is 4.95. The van der Waals surface area contributed by atoms with E-state index in [-0.39, 0.29) is 12.6 Å². The first kappa shape index (κ1) is 9.62. The summed E-state index contributed by atoms with van der Waals surface area (Å²) in [5.74, 6) is 0. The minimum absolute atomic E-state index is 0.103. The van der Waals surface area contributed by atoms with Crippen LogP contribution in [-0.4, -0.2) is 36.5 Å². The topological polar surface area (TPSA) is 32.7 Å². The zero-order chi connectivity index (χ0) is 7.98. The van der Waals surface area contributed by atoms with Crippen LogP contribution in [0.1, 0.15) is 6.92 Å². The van der Waals surface area contributed by atoms with Crippen molar-refractivity contribution < 1.29 is 9.94 Å². The third-order valence-corrected chi connectivity index (χ3v) is 1.35. The highest BCUT2D eigenvalue weighted by atomic mass is 16.7. The molecule has 0 heterocycles. The van der Waals surface area contributed by atoms with Crippen LogP contribution in [-0.2, 0) is 4.84 Å². The quantitative estimate of drug-likeness (QED) is 0.449. The lowest BCUT2D eigenvalue weighted by molar-refractivity contribution is -0.151. The molecule has 0 spiro atoms. The van der Waals surface area contributed by atoms with Crippen LogP contribution in [0.5, 0.6) is 0 Å². The molecule has 1 atom stereocenters. The Bertz CT molecular complexity index is 95.6. The Morgan fingerprint density at radius 1 is 1.80 bits per heavy atom. The molecule has 0 radical (unpaired) electrons. The van der Waals surface area contributed by atoms with Gasteiger partial charge < -0.3 is 9.94 Å². The van der Waals surface area contributed by atoms with Gasteiger partial charge in [0.1, 0.15) is 0 Å². The van der Waals surface area contributed by atoms with Crippen molar-refractivity contribution in [1.29, 1.82) is 0 Å². The van der Waals surface area contributed by atoms with Gasteiger partial charge in [-0.2, -0.15) is 5.06 Å². The van der Waals surface area contributed by atoms with Gasteiger partial charge in [0.25, 0.3) is 0 Å². The minimum atomic E-state index is 0.103. The number of aliphatic hydroxyl groups excluding tert-OH is 1. The van der Waals surface area contributed by atoms with Crippen molar-refractivity contribution in [2.45, 2.75) is 13.0 Å². The molecule has 0 rings (SSSR count). The van der Waals surface area contributed by atoms with Crippen LogP contribution < -0.4 is 0 Å². The van der Waals surface area contributed by atoms with Gasteiger partial charge in [-0.25, -0.2) is 0 Å². The van der Waals surface area contributed by atoms with Gasteiger partial charge in [-0.05, 0) is 6.92 Å². The molecular weight excluding hydrogens is 130 g/mol. The van der Waals surface area contributed by atoms with Crippen LogP contribution in [0.2, 0.25) is 0 Å². The molecule has 1 unspecified atom stereocenters. The fraction of sp³-hybridized carbons (Fsp3) is 0.714. The predicted octanol–water partition coefficient (Wildman–Crippen LogP) is 0.417. The number of hydroxylamine groups is 2. The molecule has 0 aromatic carbocycles. The molecule has 0 saturated carbocycles. The van der Waals surface area contributed by atoms with Crippen LogP contribution in [0.4, 0.5) is 0 Å². The molecule has 3 heteroatoms. The monoisotopic (exact) mass is 145 g/mol. The maximum absolute atomic E-state index is 8.56. The van der Waals surface area contributed by atoms with E-state index in [1.807, 2.05) is 6.92 Å². The largest absolute Gasteiger partial charge is 0.395 e. The number of nitrogens with zero attached hydrogens (tertiary/aromatic N) is 1. The average molecular weight is 145 g/mol. The number of hydrogen-bond donors (Lipinski definition) is 1. The summed E-state index contributed by atoms with van der Waals surface area (Å²) in [6.45, 7) is 6.18. The van der Waals surface area contributed by atoms with Gasteiger partial charge in [0.2, 0.25) is 0 Å². The highest BCUT2D eigenvalue weighted by Gasteiger charge is 2.07. The first-order valence-corrected chi connectivity index (χ1v) is 3.30. The van der Waals surface area contributed by atoms with Crippen molar-refractivity contribution in [3.05, 3.63) is 12.7 Å². The van der Waals surface area contributed by atoms with Gasteiger partial charge >= 0.3 is 0 Å². The summed E-state index contributed by atoms with van der Waals surface area (Å²) in [5.41, 5.74) is 0. The summed E-state index contributed by atoms with van der Waals surface area (Å²) in [6, 6.07) is 0.150. The Kier molecular flexibility index (Phi) is 5.20. The lowest BCUT2D eigenvalue weighted by atomic mass is 10.3. The molecule has 1 N–H and O–H groups in total. The van der Waals surface area contributed by atoms with Crippen LogP contribution in [0, 0.1) is 0 Å². The number of rotatable bonds is 5. The Balaban J connectivity index is 3.67. The maximum Gasteiger partial charge on any atom is 0.0582 e. The molecule has 60 valence electrons. The standard InChI is InChI=1S/C7H15NO2/c1-4-7(2)8(10-3)5-6-9/h4,7,9H,1,5-6H2,2-3H3. The molecule has 0 fully saturated rings. The predicted molar refractivity (Wildman–Crippen MR) is 40.5 cm³/mol. The first-order chi connectivity index (χ1) is 4.76. The molecule has 0 aromatic rings. The molecule has 0 aliphatic carbocycles. The van der Waals surface area contributed by atoms with Crippen LogP contribution >= 0.6 is 0 Å². The smallest absolute Gasteiger partial charge is 0.0582 e. The van der Waals surface area contributed by atoms with Crippen molar-refractivity contribution in [2.24, 2.45) is 0 Å². The van der Waals surface area contributed by atoms with Crippen LogP contribution in [0.3, 0.4) is 0 Å². The van der Waals surface area contributed by atoms with E-state index in [0.717, 1.165) is 0 Å². The molecule has 0 bridgehead atoms. The van der Waals surface area contributed by atoms with E-state index in [0.29, 0.717) is 6.54 Å². The third kappa shape index (κ3) is 2.96. The average Bonchev–Trinajstić information content (AvgIpc) is 1.99. The van der Waals surface area contributed by atoms with Crippen molar-refractivity contribution >= 4 is 0 Å². The van der Waals surface area contributed by atoms with E-state index in [9.17, 15) is 0 Å². The third-order valence-electron chi connectivity index (χ3n) is 1.35. The van der Waals surface area contributed by atoms with E-state index in [1.54, 1.807) is 18.2 Å². The molecule has 0 saturated heterocycles. The summed E-state index contributed by atoms with van der Waals surface area (Å²) < 4.78 is 0. The first-order valence-electron chi connectivity index (χ1n) is 3.30. The fourth-order valence-electron chi connectivity index (χ4n) is 0.677. The normalized spacial score (nSPS) is 13.6. The van der Waals surface area contributed by atoms with Crippen molar-refractivity contribution in [3.63, 3.8) is 0 Å². The Morgan fingerprint density at radius 2 is 2.40 bits per heavy atom. The van der Waals surface area contributed by atoms with Gasteiger partial charge in [0, 0.05) is 6.54 Å². The SMILES string of the molecule is C=CC(C)N(CCO)OC. The lowest BCUT2D eigenvalue weighted by Gasteiger charge is -2.22. The molecule has 0 aliphatic rings. The van der Waals surface area contributed by atoms with E-state index < -0.39 is 0 Å². The summed E-state index contributed by atoms with van der Waals surface area (Å²) >= 11 is 0. The Labute approximate surface area is 61.9 Å². The van der Waals surface area contributed by atoms with Crippen molar-refractivity contribution in [2.75, 3.05) is 20.3 Å². The second-order valence-corrected chi connectivity index (χ2v) is 2.02. The number of aliphatic hydroxyl groups is 1. The summed E-state index contributed by atoms with van der Waals surface area (Å²) in [6.07, 6.45) is 1.76. The van der Waals surface area contributed by atoms with Crippen LogP contribution in [0.25, 0.3) is 0 Å². The second-order valence-electron chi connectivity index (χ2n) is 2.02. The summed E-state index contributed by atoms with van der Waals surface area (Å²) in [5, 5.41) is 10.2. The van der Waals surface area contributed by atoms with Crippen LogP contribution in [0.15, 0.2) is 12.7 Å². The highest BCUT2D eigenvalue weighted by Crippen LogP contribution is 1.97. The van der Waals surface area contributed by atoms with Gasteiger partial charge in [-0.1, -0.05) is 6.08 Å². The Hall–Kier alpha value is -0.380. The zero-order valence-electron chi connectivity index (χ0n) is 6.58. The molecular formula is C7H15NO2. The molecule has 10 heavy (non-hydrogen) atoms. The van der Waals surface area contributed by atoms with Crippen molar-refractivity contribution in [1.82, 2.24) is 5.06 Å². The van der Waals surface area contributed by atoms with E-state index in [2.05, 4.69) is 6.58 Å². The highest BCUT2D eigenvalue weighted by molar-refractivity contribution is 4.80.